The molecule has 4 aromatic rings. The van der Waals surface area contributed by atoms with Crippen molar-refractivity contribution in [2.75, 3.05) is 26.2 Å². The summed E-state index contributed by atoms with van der Waals surface area (Å²) in [6.07, 6.45) is 10.2. The molecule has 0 spiro atoms. The Kier molecular flexibility index (Phi) is 48.8. The number of nitrogens with zero attached hydrogens (tertiary/aromatic N) is 1. The number of carbonyl (C=O) groups is 16. The van der Waals surface area contributed by atoms with Crippen LogP contribution in [0.4, 0.5) is 5.69 Å². The van der Waals surface area contributed by atoms with Gasteiger partial charge >= 0.3 is 29.6 Å². The standard InChI is InChI=1S/C86H121N13O24/c1-3-5-7-9-11-13-21-33-71(102)87-47-25-23-31-61(91-72(103)34-22-14-12-10-8-6-4-2)81(115)97-67(49-56-27-17-15-18-28-56)85(119)98-68(50-57-29-19-16-20-30-57)84(118)96-66(51-58-35-38-60(100)39-36-58)80(114)90-54-74(105)92-63(41-45-77(109)110)82(116)95-64(42-46-78(111)112)83(117)94-62(40-44-76(107)108)79(113)89-55-75(106)93-65(86(120)121)32-24-26-48-88-73(104)53-59-37-43-70(101)69(52-59)99(122)123/h15-20,27-30,35-39,43,52,61-68,100-101H,3-14,21-26,31-34,40-42,44-51,53-55H2,1-2H3,(H,87,102)(H,88,104)(H,89,113)(H,90,114)(H,91,103)(H,92,105)(H,93,106)(H,94,117)(H,95,116)(H,96,118)(H,97,115)(H,98,119)(H,107,108)(H,109,110)(H,111,112)(H,120,121)/t61-,62-,63-,64-,65-,66-,67-,68-/m0/s1. The van der Waals surface area contributed by atoms with Crippen LogP contribution >= 0.6 is 0 Å². The van der Waals surface area contributed by atoms with Gasteiger partial charge in [0.1, 0.15) is 54.1 Å². The lowest BCUT2D eigenvalue weighted by Gasteiger charge is -2.27. The number of carboxylic acids is 4. The molecule has 0 aliphatic rings. The van der Waals surface area contributed by atoms with Crippen LogP contribution in [0.2, 0.25) is 0 Å². The SMILES string of the molecule is CCCCCCCCCC(=O)NCCCC[C@H](NC(=O)CCCCCCCCC)C(=O)N[C@@H](Cc1ccccc1)C(=O)N[C@@H](Cc1ccccc1)C(=O)N[C@@H](Cc1ccc(O)cc1)C(=O)NCC(=O)N[C@@H](CCC(=O)O)C(=O)N[C@@H](CCC(=O)O)C(=O)N[C@@H](CCC(=O)O)C(=O)NCC(=O)N[C@@H](CCCCNC(=O)Cc1ccc(O)c([N+](=O)[O-])c1)C(=O)O. The molecule has 4 aromatic carbocycles. The number of carboxylic acid groups (broad SMARTS) is 4. The van der Waals surface area contributed by atoms with E-state index in [2.05, 4.69) is 77.6 Å². The van der Waals surface area contributed by atoms with Gasteiger partial charge in [-0.05, 0) is 111 Å². The molecule has 37 nitrogen and oxygen atoms in total. The van der Waals surface area contributed by atoms with E-state index >= 15 is 9.59 Å². The van der Waals surface area contributed by atoms with Crippen molar-refractivity contribution in [3.05, 3.63) is 135 Å². The summed E-state index contributed by atoms with van der Waals surface area (Å²) in [6, 6.07) is 13.2. The molecule has 0 unspecified atom stereocenters. The van der Waals surface area contributed by atoms with Crippen LogP contribution < -0.4 is 63.8 Å². The lowest BCUT2D eigenvalue weighted by Crippen LogP contribution is -2.60. The third-order valence-corrected chi connectivity index (χ3v) is 19.9. The molecular formula is C86H121N13O24. The van der Waals surface area contributed by atoms with Crippen molar-refractivity contribution < 1.29 is 112 Å². The fourth-order valence-electron chi connectivity index (χ4n) is 13.1. The maximum Gasteiger partial charge on any atom is 0.326 e. The smallest absolute Gasteiger partial charge is 0.326 e. The largest absolute Gasteiger partial charge is 0.508 e. The highest BCUT2D eigenvalue weighted by molar-refractivity contribution is 5.99. The predicted octanol–water partition coefficient (Wildman–Crippen LogP) is 4.92. The highest BCUT2D eigenvalue weighted by Gasteiger charge is 2.35. The Morgan fingerprint density at radius 3 is 1.11 bits per heavy atom. The van der Waals surface area contributed by atoms with E-state index in [9.17, 15) is 108 Å². The molecule has 123 heavy (non-hydrogen) atoms. The molecule has 12 amide bonds. The summed E-state index contributed by atoms with van der Waals surface area (Å²) in [5, 5.41) is 100. The van der Waals surface area contributed by atoms with Crippen molar-refractivity contribution in [2.24, 2.45) is 0 Å². The van der Waals surface area contributed by atoms with Crippen molar-refractivity contribution in [2.45, 2.75) is 268 Å². The number of rotatable bonds is 64. The molecule has 674 valence electrons. The molecule has 4 rings (SSSR count). The van der Waals surface area contributed by atoms with Gasteiger partial charge in [-0.2, -0.15) is 0 Å². The summed E-state index contributed by atoms with van der Waals surface area (Å²) >= 11 is 0. The first-order valence-corrected chi connectivity index (χ1v) is 42.0. The average Bonchev–Trinajstić information content (AvgIpc) is 0.861. The lowest BCUT2D eigenvalue weighted by molar-refractivity contribution is -0.385. The number of benzene rings is 4. The molecule has 37 heteroatoms. The van der Waals surface area contributed by atoms with Gasteiger partial charge in [-0.15, -0.1) is 0 Å². The number of hydrogen-bond acceptors (Lipinski definition) is 20. The number of aliphatic carboxylic acids is 4. The molecule has 18 N–H and O–H groups in total. The lowest BCUT2D eigenvalue weighted by atomic mass is 10.0. The fourth-order valence-corrected chi connectivity index (χ4v) is 13.1. The Morgan fingerprint density at radius 1 is 0.325 bits per heavy atom. The Morgan fingerprint density at radius 2 is 0.667 bits per heavy atom. The van der Waals surface area contributed by atoms with Crippen molar-refractivity contribution in [1.29, 1.82) is 0 Å². The zero-order valence-electron chi connectivity index (χ0n) is 69.9. The van der Waals surface area contributed by atoms with Gasteiger partial charge in [-0.1, -0.05) is 170 Å². The number of hydrogen-bond donors (Lipinski definition) is 18. The monoisotopic (exact) mass is 1720 g/mol. The maximum atomic E-state index is 15.0. The van der Waals surface area contributed by atoms with Crippen LogP contribution in [-0.2, 0) is 102 Å². The maximum absolute atomic E-state index is 15.0. The number of nitro groups is 1. The zero-order valence-corrected chi connectivity index (χ0v) is 69.9. The van der Waals surface area contributed by atoms with Crippen LogP contribution in [0.25, 0.3) is 0 Å². The minimum absolute atomic E-state index is 0.0231. The molecule has 0 saturated carbocycles. The van der Waals surface area contributed by atoms with Crippen LogP contribution in [-0.4, -0.2) is 205 Å². The Bertz CT molecular complexity index is 4100. The molecule has 0 heterocycles. The molecular weight excluding hydrogens is 1600 g/mol. The molecule has 0 aliphatic carbocycles. The number of carbonyl (C=O) groups excluding carboxylic acids is 12. The first-order chi connectivity index (χ1) is 58.8. The van der Waals surface area contributed by atoms with E-state index in [1.807, 2.05) is 0 Å². The molecule has 8 atom stereocenters. The van der Waals surface area contributed by atoms with Crippen LogP contribution in [0.3, 0.4) is 0 Å². The van der Waals surface area contributed by atoms with Gasteiger partial charge in [0.2, 0.25) is 70.9 Å². The number of amides is 12. The minimum atomic E-state index is -1.93. The van der Waals surface area contributed by atoms with Gasteiger partial charge in [0, 0.05) is 70.5 Å². The van der Waals surface area contributed by atoms with Crippen molar-refractivity contribution in [3.8, 4) is 11.5 Å². The first kappa shape index (κ1) is 103. The van der Waals surface area contributed by atoms with E-state index in [0.29, 0.717) is 48.9 Å². The number of unbranched alkanes of at least 4 members (excludes halogenated alkanes) is 14. The van der Waals surface area contributed by atoms with Gasteiger partial charge in [-0.25, -0.2) is 4.79 Å². The Balaban J connectivity index is 1.52. The molecule has 0 aliphatic heterocycles. The summed E-state index contributed by atoms with van der Waals surface area (Å²) in [6.45, 7) is 2.69. The average molecular weight is 1720 g/mol. The van der Waals surface area contributed by atoms with E-state index in [1.54, 1.807) is 60.7 Å². The highest BCUT2D eigenvalue weighted by Crippen LogP contribution is 2.27. The van der Waals surface area contributed by atoms with E-state index in [4.69, 9.17) is 0 Å². The normalized spacial score (nSPS) is 12.9. The quantitative estimate of drug-likeness (QED) is 0.0158. The summed E-state index contributed by atoms with van der Waals surface area (Å²) < 4.78 is 0. The summed E-state index contributed by atoms with van der Waals surface area (Å²) in [5.41, 5.74) is 1.11. The zero-order chi connectivity index (χ0) is 90.4. The third-order valence-electron chi connectivity index (χ3n) is 19.9. The van der Waals surface area contributed by atoms with Crippen molar-refractivity contribution in [3.63, 3.8) is 0 Å². The minimum Gasteiger partial charge on any atom is -0.508 e. The summed E-state index contributed by atoms with van der Waals surface area (Å²) in [4.78, 5) is 225. The molecule has 0 bridgehead atoms. The Labute approximate surface area is 714 Å². The van der Waals surface area contributed by atoms with Crippen LogP contribution in [0.5, 0.6) is 11.5 Å². The van der Waals surface area contributed by atoms with Gasteiger partial charge in [0.15, 0.2) is 5.75 Å². The van der Waals surface area contributed by atoms with Crippen molar-refractivity contribution >= 4 is 100 Å². The first-order valence-electron chi connectivity index (χ1n) is 42.0. The molecule has 0 fully saturated rings. The van der Waals surface area contributed by atoms with Crippen LogP contribution in [0.15, 0.2) is 103 Å². The Hall–Kier alpha value is -12.6. The fraction of sp³-hybridized carbons (Fsp3) is 0.535. The van der Waals surface area contributed by atoms with E-state index in [0.717, 1.165) is 82.8 Å². The number of phenolic OH excluding ortho intramolecular Hbond substituents is 2. The second-order valence-corrected chi connectivity index (χ2v) is 30.2. The van der Waals surface area contributed by atoms with Crippen molar-refractivity contribution in [1.82, 2.24) is 63.8 Å². The van der Waals surface area contributed by atoms with E-state index in [1.165, 1.54) is 43.2 Å². The topological polar surface area (TPSA) is 582 Å². The predicted molar refractivity (Wildman–Crippen MR) is 449 cm³/mol. The second kappa shape index (κ2) is 58.4. The van der Waals surface area contributed by atoms with Crippen LogP contribution in [0, 0.1) is 10.1 Å². The van der Waals surface area contributed by atoms with Gasteiger partial charge in [-0.3, -0.25) is 82.0 Å². The number of nitrogens with one attached hydrogen (secondary N) is 12. The number of aromatic hydroxyl groups is 2. The summed E-state index contributed by atoms with van der Waals surface area (Å²) in [5.74, 6) is -17.3. The summed E-state index contributed by atoms with van der Waals surface area (Å²) in [7, 11) is 0. The highest BCUT2D eigenvalue weighted by atomic mass is 16.6. The van der Waals surface area contributed by atoms with Crippen LogP contribution in [0.1, 0.15) is 216 Å². The van der Waals surface area contributed by atoms with E-state index < -0.39 is 199 Å². The molecule has 0 saturated heterocycles. The number of nitro benzene ring substituents is 1. The molecule has 0 aromatic heterocycles. The number of phenols is 2. The van der Waals surface area contributed by atoms with Gasteiger partial charge < -0.3 is 94.4 Å². The van der Waals surface area contributed by atoms with E-state index in [-0.39, 0.29) is 87.5 Å². The van der Waals surface area contributed by atoms with Gasteiger partial charge in [0.05, 0.1) is 24.4 Å². The second-order valence-electron chi connectivity index (χ2n) is 30.2. The van der Waals surface area contributed by atoms with Gasteiger partial charge in [0.25, 0.3) is 0 Å². The molecule has 0 radical (unpaired) electrons. The third kappa shape index (κ3) is 44.0.